The van der Waals surface area contributed by atoms with E-state index in [0.29, 0.717) is 16.9 Å². The summed E-state index contributed by atoms with van der Waals surface area (Å²) in [6, 6.07) is 19.2. The molecule has 2 aromatic carbocycles. The summed E-state index contributed by atoms with van der Waals surface area (Å²) in [7, 11) is 0. The molecule has 0 spiro atoms. The van der Waals surface area contributed by atoms with Gasteiger partial charge < -0.3 is 15.1 Å². The lowest BCUT2D eigenvalue weighted by Gasteiger charge is -2.09. The first-order valence-corrected chi connectivity index (χ1v) is 8.31. The first-order valence-electron chi connectivity index (χ1n) is 8.31. The highest BCUT2D eigenvalue weighted by Crippen LogP contribution is 2.19. The lowest BCUT2D eigenvalue weighted by Crippen LogP contribution is -2.13. The second-order valence-electron chi connectivity index (χ2n) is 5.84. The molecule has 0 fully saturated rings. The quantitative estimate of drug-likeness (QED) is 0.569. The lowest BCUT2D eigenvalue weighted by molar-refractivity contribution is 0.0994. The number of nitrogens with zero attached hydrogens (tertiary/aromatic N) is 1. The molecular formula is C21H15N3O3. The van der Waals surface area contributed by atoms with Crippen LogP contribution >= 0.6 is 0 Å². The predicted octanol–water partition coefficient (Wildman–Crippen LogP) is 4.33. The molecule has 132 valence electrons. The second-order valence-corrected chi connectivity index (χ2v) is 5.84. The van der Waals surface area contributed by atoms with Crippen LogP contribution in [0.4, 0.5) is 11.4 Å². The van der Waals surface area contributed by atoms with Gasteiger partial charge in [0.15, 0.2) is 5.76 Å². The van der Waals surface area contributed by atoms with Gasteiger partial charge in [0.2, 0.25) is 0 Å². The average molecular weight is 357 g/mol. The maximum absolute atomic E-state index is 12.6. The van der Waals surface area contributed by atoms with E-state index in [1.807, 2.05) is 12.1 Å². The Kier molecular flexibility index (Phi) is 4.37. The molecule has 6 nitrogen and oxygen atoms in total. The Morgan fingerprint density at radius 2 is 1.52 bits per heavy atom. The van der Waals surface area contributed by atoms with Crippen molar-refractivity contribution in [2.75, 3.05) is 10.6 Å². The third-order valence-electron chi connectivity index (χ3n) is 4.04. The normalized spacial score (nSPS) is 10.5. The molecule has 0 aliphatic carbocycles. The fourth-order valence-corrected chi connectivity index (χ4v) is 2.74. The molecule has 27 heavy (non-hydrogen) atoms. The number of nitrogens with one attached hydrogen (secondary N) is 2. The van der Waals surface area contributed by atoms with E-state index < -0.39 is 0 Å². The Hall–Kier alpha value is -3.93. The molecule has 0 unspecified atom stereocenters. The summed E-state index contributed by atoms with van der Waals surface area (Å²) in [5.74, 6) is -0.321. The first-order chi connectivity index (χ1) is 13.2. The molecule has 6 heteroatoms. The maximum atomic E-state index is 12.6. The standard InChI is InChI=1S/C21H15N3O3/c25-20(17-4-1-6-18-16(17)5-2-12-22-18)23-14-8-10-15(11-9-14)24-21(26)19-7-3-13-27-19/h1-13H,(H,23,25)(H,24,26). The van der Waals surface area contributed by atoms with Crippen molar-refractivity contribution in [3.8, 4) is 0 Å². The van der Waals surface area contributed by atoms with Gasteiger partial charge in [-0.15, -0.1) is 0 Å². The fraction of sp³-hybridized carbons (Fsp3) is 0. The van der Waals surface area contributed by atoms with E-state index in [-0.39, 0.29) is 17.6 Å². The van der Waals surface area contributed by atoms with Gasteiger partial charge >= 0.3 is 0 Å². The summed E-state index contributed by atoms with van der Waals surface area (Å²) in [5.41, 5.74) is 2.54. The summed E-state index contributed by atoms with van der Waals surface area (Å²) in [5, 5.41) is 6.38. The van der Waals surface area contributed by atoms with E-state index >= 15 is 0 Å². The molecule has 0 aliphatic rings. The van der Waals surface area contributed by atoms with Crippen molar-refractivity contribution in [3.05, 3.63) is 90.5 Å². The van der Waals surface area contributed by atoms with Crippen LogP contribution in [-0.2, 0) is 0 Å². The zero-order valence-corrected chi connectivity index (χ0v) is 14.2. The Labute approximate surface area is 154 Å². The number of benzene rings is 2. The lowest BCUT2D eigenvalue weighted by atomic mass is 10.1. The molecule has 2 amide bonds. The zero-order valence-electron chi connectivity index (χ0n) is 14.2. The number of furan rings is 1. The van der Waals surface area contributed by atoms with Crippen molar-refractivity contribution in [1.29, 1.82) is 0 Å². The number of hydrogen-bond donors (Lipinski definition) is 2. The van der Waals surface area contributed by atoms with Crippen LogP contribution in [0.3, 0.4) is 0 Å². The van der Waals surface area contributed by atoms with Crippen molar-refractivity contribution < 1.29 is 14.0 Å². The number of amides is 2. The SMILES string of the molecule is O=C(Nc1ccc(NC(=O)c2cccc3ncccc23)cc1)c1ccco1. The number of pyridine rings is 1. The second kappa shape index (κ2) is 7.13. The van der Waals surface area contributed by atoms with Gasteiger partial charge in [0.05, 0.1) is 11.8 Å². The minimum absolute atomic E-state index is 0.221. The molecule has 0 atom stereocenters. The van der Waals surface area contributed by atoms with Gasteiger partial charge in [0, 0.05) is 28.5 Å². The summed E-state index contributed by atoms with van der Waals surface area (Å²) in [4.78, 5) is 28.9. The summed E-state index contributed by atoms with van der Waals surface area (Å²) < 4.78 is 5.05. The van der Waals surface area contributed by atoms with E-state index in [1.165, 1.54) is 6.26 Å². The molecule has 0 bridgehead atoms. The Morgan fingerprint density at radius 1 is 0.778 bits per heavy atom. The van der Waals surface area contributed by atoms with Gasteiger partial charge in [-0.25, -0.2) is 0 Å². The van der Waals surface area contributed by atoms with E-state index in [9.17, 15) is 9.59 Å². The predicted molar refractivity (Wildman–Crippen MR) is 103 cm³/mol. The minimum atomic E-state index is -0.333. The maximum Gasteiger partial charge on any atom is 0.291 e. The van der Waals surface area contributed by atoms with Crippen LogP contribution < -0.4 is 10.6 Å². The van der Waals surface area contributed by atoms with Gasteiger partial charge in [-0.2, -0.15) is 0 Å². The molecule has 4 aromatic rings. The number of anilines is 2. The molecule has 0 saturated carbocycles. The highest BCUT2D eigenvalue weighted by molar-refractivity contribution is 6.12. The Balaban J connectivity index is 1.48. The van der Waals surface area contributed by atoms with Crippen LogP contribution in [-0.4, -0.2) is 16.8 Å². The number of aromatic nitrogens is 1. The van der Waals surface area contributed by atoms with E-state index in [1.54, 1.807) is 60.8 Å². The van der Waals surface area contributed by atoms with Gasteiger partial charge in [0.1, 0.15) is 0 Å². The van der Waals surface area contributed by atoms with Crippen molar-refractivity contribution in [3.63, 3.8) is 0 Å². The molecule has 4 rings (SSSR count). The fourth-order valence-electron chi connectivity index (χ4n) is 2.74. The highest BCUT2D eigenvalue weighted by Gasteiger charge is 2.11. The third-order valence-corrected chi connectivity index (χ3v) is 4.04. The van der Waals surface area contributed by atoms with Crippen LogP contribution in [0.15, 0.2) is 83.6 Å². The van der Waals surface area contributed by atoms with E-state index in [4.69, 9.17) is 4.42 Å². The van der Waals surface area contributed by atoms with Gasteiger partial charge in [0.25, 0.3) is 11.8 Å². The molecule has 2 heterocycles. The molecular weight excluding hydrogens is 342 g/mol. The number of hydrogen-bond acceptors (Lipinski definition) is 4. The van der Waals surface area contributed by atoms with Gasteiger partial charge in [-0.05, 0) is 54.6 Å². The molecule has 0 radical (unpaired) electrons. The van der Waals surface area contributed by atoms with E-state index in [2.05, 4.69) is 15.6 Å². The largest absolute Gasteiger partial charge is 0.459 e. The summed E-state index contributed by atoms with van der Waals surface area (Å²) >= 11 is 0. The Morgan fingerprint density at radius 3 is 2.22 bits per heavy atom. The van der Waals surface area contributed by atoms with Crippen LogP contribution in [0.25, 0.3) is 10.9 Å². The van der Waals surface area contributed by atoms with Crippen LogP contribution in [0.1, 0.15) is 20.9 Å². The summed E-state index contributed by atoms with van der Waals surface area (Å²) in [6.45, 7) is 0. The first kappa shape index (κ1) is 16.5. The van der Waals surface area contributed by atoms with Gasteiger partial charge in [-0.1, -0.05) is 12.1 Å². The van der Waals surface area contributed by atoms with Crippen molar-refractivity contribution in [1.82, 2.24) is 4.98 Å². The molecule has 0 aliphatic heterocycles. The minimum Gasteiger partial charge on any atom is -0.459 e. The number of fused-ring (bicyclic) bond motifs is 1. The average Bonchev–Trinajstić information content (AvgIpc) is 3.24. The summed E-state index contributed by atoms with van der Waals surface area (Å²) in [6.07, 6.45) is 3.14. The van der Waals surface area contributed by atoms with Crippen LogP contribution in [0.2, 0.25) is 0 Å². The van der Waals surface area contributed by atoms with Crippen molar-refractivity contribution in [2.45, 2.75) is 0 Å². The molecule has 2 aromatic heterocycles. The van der Waals surface area contributed by atoms with Crippen LogP contribution in [0.5, 0.6) is 0 Å². The number of carbonyl (C=O) groups is 2. The third kappa shape index (κ3) is 3.55. The monoisotopic (exact) mass is 357 g/mol. The van der Waals surface area contributed by atoms with Crippen molar-refractivity contribution >= 4 is 34.1 Å². The number of rotatable bonds is 4. The number of carbonyl (C=O) groups excluding carboxylic acids is 2. The Bertz CT molecular complexity index is 1100. The van der Waals surface area contributed by atoms with E-state index in [0.717, 1.165) is 10.9 Å². The smallest absolute Gasteiger partial charge is 0.291 e. The molecule has 0 saturated heterocycles. The van der Waals surface area contributed by atoms with Crippen LogP contribution in [0, 0.1) is 0 Å². The molecule has 2 N–H and O–H groups in total. The van der Waals surface area contributed by atoms with Gasteiger partial charge in [-0.3, -0.25) is 14.6 Å². The van der Waals surface area contributed by atoms with Crippen molar-refractivity contribution in [2.24, 2.45) is 0 Å². The highest BCUT2D eigenvalue weighted by atomic mass is 16.3. The zero-order chi connectivity index (χ0) is 18.6. The topological polar surface area (TPSA) is 84.2 Å².